The van der Waals surface area contributed by atoms with Gasteiger partial charge in [0, 0.05) is 30.3 Å². The lowest BCUT2D eigenvalue weighted by molar-refractivity contribution is 0.548. The molecule has 0 amide bonds. The molecule has 9 heteroatoms. The Balaban J connectivity index is 1.29. The number of aryl methyl sites for hydroxylation is 2. The van der Waals surface area contributed by atoms with Crippen LogP contribution in [0.15, 0.2) is 70.7 Å². The molecular formula is C27H30N6O2S. The summed E-state index contributed by atoms with van der Waals surface area (Å²) in [6.07, 6.45) is 7.67. The largest absolute Gasteiger partial charge is 0.387 e. The number of nitrogens with two attached hydrogens (primary N) is 1. The van der Waals surface area contributed by atoms with Crippen LogP contribution in [0.1, 0.15) is 43.5 Å². The fraction of sp³-hybridized carbons (Fsp3) is 0.296. The first-order valence-corrected chi connectivity index (χ1v) is 13.7. The van der Waals surface area contributed by atoms with E-state index in [1.54, 1.807) is 42.6 Å². The van der Waals surface area contributed by atoms with E-state index in [9.17, 15) is 8.42 Å². The number of H-pyrrole nitrogens is 1. The Kier molecular flexibility index (Phi) is 6.73. The third-order valence-corrected chi connectivity index (χ3v) is 7.87. The van der Waals surface area contributed by atoms with Crippen LogP contribution in [0.2, 0.25) is 0 Å². The molecule has 0 saturated heterocycles. The first-order valence-electron chi connectivity index (χ1n) is 12.2. The number of aliphatic imine (C=N–C) groups is 1. The van der Waals surface area contributed by atoms with Crippen molar-refractivity contribution in [1.82, 2.24) is 15.0 Å². The van der Waals surface area contributed by atoms with Gasteiger partial charge in [-0.1, -0.05) is 36.2 Å². The summed E-state index contributed by atoms with van der Waals surface area (Å²) in [5, 5.41) is 0. The van der Waals surface area contributed by atoms with Crippen LogP contribution in [-0.4, -0.2) is 35.2 Å². The molecule has 3 heterocycles. The normalized spacial score (nSPS) is 16.5. The molecule has 1 aliphatic rings. The highest BCUT2D eigenvalue weighted by Gasteiger charge is 2.16. The van der Waals surface area contributed by atoms with Gasteiger partial charge >= 0.3 is 0 Å². The molecule has 0 saturated carbocycles. The van der Waals surface area contributed by atoms with Gasteiger partial charge in [0.2, 0.25) is 0 Å². The number of sulfonamides is 1. The summed E-state index contributed by atoms with van der Waals surface area (Å²) in [5.41, 5.74) is 10.9. The number of imidazole rings is 1. The predicted octanol–water partition coefficient (Wildman–Crippen LogP) is 4.97. The Hall–Kier alpha value is -3.72. The molecule has 0 bridgehead atoms. The topological polar surface area (TPSA) is 126 Å². The number of nitrogens with one attached hydrogen (secondary N) is 2. The molecule has 36 heavy (non-hydrogen) atoms. The number of pyridine rings is 1. The van der Waals surface area contributed by atoms with Gasteiger partial charge in [-0.15, -0.1) is 0 Å². The minimum atomic E-state index is -3.68. The monoisotopic (exact) mass is 502 g/mol. The molecule has 186 valence electrons. The van der Waals surface area contributed by atoms with Crippen LogP contribution in [0.4, 0.5) is 5.69 Å². The van der Waals surface area contributed by atoms with E-state index in [2.05, 4.69) is 24.7 Å². The molecule has 0 fully saturated rings. The summed E-state index contributed by atoms with van der Waals surface area (Å²) in [7, 11) is -3.68. The average molecular weight is 503 g/mol. The second-order valence-corrected chi connectivity index (χ2v) is 11.0. The number of rotatable bonds is 7. The minimum absolute atomic E-state index is 0.200. The van der Waals surface area contributed by atoms with Crippen molar-refractivity contribution in [2.45, 2.75) is 56.4 Å². The van der Waals surface area contributed by atoms with Crippen molar-refractivity contribution in [1.29, 1.82) is 0 Å². The fourth-order valence-electron chi connectivity index (χ4n) is 4.45. The van der Waals surface area contributed by atoms with E-state index in [0.29, 0.717) is 11.3 Å². The van der Waals surface area contributed by atoms with E-state index >= 15 is 0 Å². The van der Waals surface area contributed by atoms with Crippen LogP contribution < -0.4 is 10.5 Å². The van der Waals surface area contributed by atoms with Crippen molar-refractivity contribution >= 4 is 32.7 Å². The molecule has 2 aromatic carbocycles. The minimum Gasteiger partial charge on any atom is -0.387 e. The summed E-state index contributed by atoms with van der Waals surface area (Å²) < 4.78 is 28.2. The predicted molar refractivity (Wildman–Crippen MR) is 144 cm³/mol. The average Bonchev–Trinajstić information content (AvgIpc) is 3.16. The lowest BCUT2D eigenvalue weighted by Crippen LogP contribution is -2.14. The number of nitrogens with zero attached hydrogens (tertiary/aromatic N) is 3. The molecule has 0 spiro atoms. The Morgan fingerprint density at radius 1 is 1.06 bits per heavy atom. The third kappa shape index (κ3) is 5.57. The summed E-state index contributed by atoms with van der Waals surface area (Å²) >= 11 is 0. The van der Waals surface area contributed by atoms with E-state index in [0.717, 1.165) is 72.4 Å². The van der Waals surface area contributed by atoms with E-state index in [4.69, 9.17) is 5.73 Å². The maximum atomic E-state index is 12.8. The zero-order valence-electron chi connectivity index (χ0n) is 20.2. The van der Waals surface area contributed by atoms with E-state index in [1.807, 2.05) is 25.1 Å². The zero-order valence-corrected chi connectivity index (χ0v) is 21.1. The van der Waals surface area contributed by atoms with Gasteiger partial charge in [0.05, 0.1) is 22.3 Å². The Morgan fingerprint density at radius 2 is 1.83 bits per heavy atom. The molecule has 0 aliphatic carbocycles. The zero-order chi connectivity index (χ0) is 25.1. The Labute approximate surface area is 211 Å². The molecule has 5 rings (SSSR count). The van der Waals surface area contributed by atoms with Crippen molar-refractivity contribution in [3.05, 3.63) is 72.2 Å². The van der Waals surface area contributed by atoms with Crippen molar-refractivity contribution < 1.29 is 8.42 Å². The number of aromatic amines is 1. The fourth-order valence-corrected chi connectivity index (χ4v) is 5.51. The molecule has 0 radical (unpaired) electrons. The molecule has 4 N–H and O–H groups in total. The second-order valence-electron chi connectivity index (χ2n) is 9.33. The Bertz CT molecular complexity index is 1490. The SMILES string of the molecule is Cc1ccc(NS(=O)(=O)c2ccc(-c3cnc4nc(CCC5CCCCC(N)=N5)[nH]c4c3)cc2)cc1. The highest BCUT2D eigenvalue weighted by Crippen LogP contribution is 2.25. The number of fused-ring (bicyclic) bond motifs is 1. The highest BCUT2D eigenvalue weighted by molar-refractivity contribution is 7.92. The molecule has 8 nitrogen and oxygen atoms in total. The van der Waals surface area contributed by atoms with Gasteiger partial charge in [-0.2, -0.15) is 0 Å². The van der Waals surface area contributed by atoms with Crippen LogP contribution in [-0.2, 0) is 16.4 Å². The smallest absolute Gasteiger partial charge is 0.261 e. The van der Waals surface area contributed by atoms with Crippen molar-refractivity contribution in [2.24, 2.45) is 10.7 Å². The van der Waals surface area contributed by atoms with Gasteiger partial charge in [0.15, 0.2) is 5.65 Å². The number of hydrogen-bond donors (Lipinski definition) is 3. The molecular weight excluding hydrogens is 472 g/mol. The van der Waals surface area contributed by atoms with Crippen LogP contribution in [0.5, 0.6) is 0 Å². The highest BCUT2D eigenvalue weighted by atomic mass is 32.2. The van der Waals surface area contributed by atoms with Crippen LogP contribution in [0, 0.1) is 6.92 Å². The van der Waals surface area contributed by atoms with Crippen LogP contribution in [0.25, 0.3) is 22.3 Å². The van der Waals surface area contributed by atoms with E-state index < -0.39 is 10.0 Å². The summed E-state index contributed by atoms with van der Waals surface area (Å²) in [4.78, 5) is 17.4. The molecule has 1 unspecified atom stereocenters. The summed E-state index contributed by atoms with van der Waals surface area (Å²) in [5.74, 6) is 1.65. The van der Waals surface area contributed by atoms with Gasteiger partial charge in [0.25, 0.3) is 10.0 Å². The van der Waals surface area contributed by atoms with Gasteiger partial charge in [0.1, 0.15) is 5.82 Å². The lowest BCUT2D eigenvalue weighted by atomic mass is 10.1. The molecule has 1 atom stereocenters. The molecule has 2 aromatic heterocycles. The lowest BCUT2D eigenvalue weighted by Gasteiger charge is -2.09. The Morgan fingerprint density at radius 3 is 2.61 bits per heavy atom. The molecule has 1 aliphatic heterocycles. The maximum absolute atomic E-state index is 12.8. The first-order chi connectivity index (χ1) is 17.4. The number of amidine groups is 1. The second kappa shape index (κ2) is 10.1. The maximum Gasteiger partial charge on any atom is 0.261 e. The quantitative estimate of drug-likeness (QED) is 0.329. The van der Waals surface area contributed by atoms with E-state index in [1.165, 1.54) is 0 Å². The number of hydrogen-bond acceptors (Lipinski definition) is 6. The number of anilines is 1. The van der Waals surface area contributed by atoms with Crippen molar-refractivity contribution in [2.75, 3.05) is 4.72 Å². The molecule has 4 aromatic rings. The standard InChI is InChI=1S/C27H30N6O2S/c1-18-6-10-22(11-7-18)33-36(34,35)23-13-8-19(9-14-23)20-16-24-27(29-17-20)32-26(31-24)15-12-21-4-2-3-5-25(28)30-21/h6-11,13-14,16-17,21,33H,2-5,12,15H2,1H3,(H2,28,30)(H,29,31,32). The van der Waals surface area contributed by atoms with Gasteiger partial charge in [-0.25, -0.2) is 18.4 Å². The summed E-state index contributed by atoms with van der Waals surface area (Å²) in [6, 6.07) is 16.3. The van der Waals surface area contributed by atoms with Crippen LogP contribution >= 0.6 is 0 Å². The number of benzene rings is 2. The van der Waals surface area contributed by atoms with Gasteiger partial charge < -0.3 is 10.7 Å². The van der Waals surface area contributed by atoms with Crippen LogP contribution in [0.3, 0.4) is 0 Å². The van der Waals surface area contributed by atoms with Gasteiger partial charge in [-0.05, 0) is 62.1 Å². The van der Waals surface area contributed by atoms with Crippen molar-refractivity contribution in [3.63, 3.8) is 0 Å². The summed E-state index contributed by atoms with van der Waals surface area (Å²) in [6.45, 7) is 1.96. The van der Waals surface area contributed by atoms with Crippen molar-refractivity contribution in [3.8, 4) is 11.1 Å². The van der Waals surface area contributed by atoms with Gasteiger partial charge in [-0.3, -0.25) is 9.71 Å². The van der Waals surface area contributed by atoms with E-state index in [-0.39, 0.29) is 10.9 Å². The third-order valence-electron chi connectivity index (χ3n) is 6.47. The first kappa shape index (κ1) is 24.0. The number of aromatic nitrogens is 3.